The highest BCUT2D eigenvalue weighted by molar-refractivity contribution is 6.20. The van der Waals surface area contributed by atoms with Crippen molar-refractivity contribution in [1.82, 2.24) is 5.32 Å². The van der Waals surface area contributed by atoms with Gasteiger partial charge in [-0.2, -0.15) is 26.3 Å². The molecule has 40 heavy (non-hydrogen) atoms. The number of para-hydroxylation sites is 1. The van der Waals surface area contributed by atoms with Crippen LogP contribution < -0.4 is 16.4 Å². The van der Waals surface area contributed by atoms with Gasteiger partial charge < -0.3 is 16.4 Å². The molecule has 0 spiro atoms. The topological polar surface area (TPSA) is 114 Å². The molecule has 2 aromatic rings. The Labute approximate surface area is 224 Å². The monoisotopic (exact) mass is 574 g/mol. The number of rotatable bonds is 9. The first-order chi connectivity index (χ1) is 18.6. The van der Waals surface area contributed by atoms with E-state index in [2.05, 4.69) is 15.6 Å². The van der Waals surface area contributed by atoms with Crippen molar-refractivity contribution in [1.29, 1.82) is 0 Å². The third-order valence-electron chi connectivity index (χ3n) is 6.44. The summed E-state index contributed by atoms with van der Waals surface area (Å²) in [5, 5.41) is 4.41. The number of alkyl halides is 6. The van der Waals surface area contributed by atoms with Crippen molar-refractivity contribution in [3.63, 3.8) is 0 Å². The van der Waals surface area contributed by atoms with E-state index in [4.69, 9.17) is 5.73 Å². The smallest absolute Gasteiger partial charge is 0.369 e. The Balaban J connectivity index is 2.01. The van der Waals surface area contributed by atoms with Crippen molar-refractivity contribution in [2.24, 2.45) is 28.5 Å². The third kappa shape index (κ3) is 7.57. The number of hydrogen-bond acceptors (Lipinski definition) is 4. The molecule has 0 fully saturated rings. The minimum atomic E-state index is -4.81. The van der Waals surface area contributed by atoms with E-state index in [1.54, 1.807) is 30.3 Å². The second-order valence-corrected chi connectivity index (χ2v) is 9.35. The molecule has 0 bridgehead atoms. The minimum absolute atomic E-state index is 0.0442. The zero-order chi connectivity index (χ0) is 29.8. The summed E-state index contributed by atoms with van der Waals surface area (Å²) in [6.07, 6.45) is -15.2. The Hall–Kier alpha value is -3.97. The summed E-state index contributed by atoms with van der Waals surface area (Å²) in [5.74, 6) is -10.8. The van der Waals surface area contributed by atoms with Crippen molar-refractivity contribution in [3.05, 3.63) is 65.5 Å². The normalized spacial score (nSPS) is 17.9. The van der Waals surface area contributed by atoms with Gasteiger partial charge >= 0.3 is 12.4 Å². The molecule has 4 atom stereocenters. The molecular formula is C26H25F7N4O3. The lowest BCUT2D eigenvalue weighted by Gasteiger charge is -2.28. The number of benzene rings is 2. The minimum Gasteiger partial charge on any atom is -0.369 e. The summed E-state index contributed by atoms with van der Waals surface area (Å²) in [7, 11) is 0. The van der Waals surface area contributed by atoms with Gasteiger partial charge in [-0.25, -0.2) is 9.38 Å². The largest absolute Gasteiger partial charge is 0.391 e. The Bertz CT molecular complexity index is 1280. The predicted molar refractivity (Wildman–Crippen MR) is 130 cm³/mol. The van der Waals surface area contributed by atoms with Crippen LogP contribution in [0.4, 0.5) is 36.4 Å². The van der Waals surface area contributed by atoms with Gasteiger partial charge in [0.2, 0.25) is 18.0 Å². The maximum atomic E-state index is 14.6. The number of nitrogens with one attached hydrogen (secondary N) is 2. The van der Waals surface area contributed by atoms with Crippen LogP contribution >= 0.6 is 0 Å². The van der Waals surface area contributed by atoms with Gasteiger partial charge in [-0.15, -0.1) is 0 Å². The van der Waals surface area contributed by atoms with Crippen molar-refractivity contribution >= 4 is 29.1 Å². The zero-order valence-corrected chi connectivity index (χ0v) is 20.9. The van der Waals surface area contributed by atoms with Crippen LogP contribution in [0, 0.1) is 23.6 Å². The van der Waals surface area contributed by atoms with E-state index in [-0.39, 0.29) is 17.0 Å². The summed E-state index contributed by atoms with van der Waals surface area (Å²) in [6, 6.07) is 11.9. The Morgan fingerprint density at radius 1 is 1.02 bits per heavy atom. The van der Waals surface area contributed by atoms with Gasteiger partial charge in [0.05, 0.1) is 17.3 Å². The van der Waals surface area contributed by atoms with Gasteiger partial charge in [-0.05, 0) is 18.9 Å². The lowest BCUT2D eigenvalue weighted by atomic mass is 9.80. The van der Waals surface area contributed by atoms with Crippen molar-refractivity contribution in [2.75, 3.05) is 5.32 Å². The Kier molecular flexibility index (Phi) is 9.21. The fourth-order valence-corrected chi connectivity index (χ4v) is 4.29. The summed E-state index contributed by atoms with van der Waals surface area (Å²) in [5.41, 5.74) is 5.56. The van der Waals surface area contributed by atoms with E-state index in [0.29, 0.717) is 12.5 Å². The van der Waals surface area contributed by atoms with E-state index in [1.165, 1.54) is 12.1 Å². The van der Waals surface area contributed by atoms with Gasteiger partial charge in [-0.1, -0.05) is 49.4 Å². The van der Waals surface area contributed by atoms with Crippen LogP contribution in [0.15, 0.2) is 53.5 Å². The highest BCUT2D eigenvalue weighted by Gasteiger charge is 2.44. The third-order valence-corrected chi connectivity index (χ3v) is 6.44. The van der Waals surface area contributed by atoms with Gasteiger partial charge in [0.1, 0.15) is 5.82 Å². The van der Waals surface area contributed by atoms with Gasteiger partial charge in [0.15, 0.2) is 0 Å². The zero-order valence-electron chi connectivity index (χ0n) is 20.9. The molecule has 4 N–H and O–H groups in total. The summed E-state index contributed by atoms with van der Waals surface area (Å²) >= 11 is 0. The standard InChI is InChI=1S/C26H25F7N4O3/c1-13(26(31,32)33)12-17(21(34)38)15(10-11-25(28,29)30)23(39)37-22-24(40)36-20-16(8-5-9-18(20)27)19(35-22)14-6-3-2-4-7-14/h2-9,13,15,17,22H,10-12H2,1H3,(H2,34,38)(H,36,40)(H,37,39). The van der Waals surface area contributed by atoms with Crippen LogP contribution in [-0.2, 0) is 14.4 Å². The number of nitrogens with two attached hydrogens (primary N) is 1. The van der Waals surface area contributed by atoms with E-state index in [1.807, 2.05) is 0 Å². The number of aliphatic imine (C=N–C) groups is 1. The average Bonchev–Trinajstić information content (AvgIpc) is 2.99. The maximum absolute atomic E-state index is 14.6. The summed E-state index contributed by atoms with van der Waals surface area (Å²) < 4.78 is 93.4. The van der Waals surface area contributed by atoms with E-state index in [9.17, 15) is 45.1 Å². The first-order valence-electron chi connectivity index (χ1n) is 12.0. The molecule has 3 rings (SSSR count). The second-order valence-electron chi connectivity index (χ2n) is 9.35. The molecule has 0 saturated heterocycles. The molecule has 0 aliphatic carbocycles. The predicted octanol–water partition coefficient (Wildman–Crippen LogP) is 4.71. The number of anilines is 1. The number of carbonyl (C=O) groups excluding carboxylic acids is 3. The lowest BCUT2D eigenvalue weighted by molar-refractivity contribution is -0.177. The molecule has 216 valence electrons. The first kappa shape index (κ1) is 30.6. The molecule has 1 aliphatic heterocycles. The number of nitrogens with zero attached hydrogens (tertiary/aromatic N) is 1. The van der Waals surface area contributed by atoms with Gasteiger partial charge in [-0.3, -0.25) is 14.4 Å². The van der Waals surface area contributed by atoms with Crippen molar-refractivity contribution in [2.45, 2.75) is 44.7 Å². The fraction of sp³-hybridized carbons (Fsp3) is 0.385. The van der Waals surface area contributed by atoms with Crippen LogP contribution in [0.3, 0.4) is 0 Å². The van der Waals surface area contributed by atoms with Gasteiger partial charge in [0, 0.05) is 29.4 Å². The Morgan fingerprint density at radius 3 is 2.25 bits per heavy atom. The number of carbonyl (C=O) groups is 3. The van der Waals surface area contributed by atoms with Gasteiger partial charge in [0.25, 0.3) is 5.91 Å². The quantitative estimate of drug-likeness (QED) is 0.377. The van der Waals surface area contributed by atoms with Crippen LogP contribution in [0.2, 0.25) is 0 Å². The Morgan fingerprint density at radius 2 is 1.68 bits per heavy atom. The highest BCUT2D eigenvalue weighted by Crippen LogP contribution is 2.36. The molecule has 0 radical (unpaired) electrons. The molecule has 1 heterocycles. The molecule has 14 heteroatoms. The molecule has 4 unspecified atom stereocenters. The number of primary amides is 1. The summed E-state index contributed by atoms with van der Waals surface area (Å²) in [6.45, 7) is 0.704. The van der Waals surface area contributed by atoms with Crippen LogP contribution in [0.5, 0.6) is 0 Å². The number of halogens is 7. The SMILES string of the molecule is CC(CC(C(N)=O)C(CCC(F)(F)F)C(=O)NC1N=C(c2ccccc2)c2cccc(F)c2NC1=O)C(F)(F)F. The maximum Gasteiger partial charge on any atom is 0.391 e. The van der Waals surface area contributed by atoms with E-state index >= 15 is 0 Å². The van der Waals surface area contributed by atoms with Crippen LogP contribution in [0.25, 0.3) is 0 Å². The molecule has 1 aliphatic rings. The first-order valence-corrected chi connectivity index (χ1v) is 12.0. The molecule has 0 saturated carbocycles. The number of benzodiazepines with no additional fused rings is 1. The number of fused-ring (bicyclic) bond motifs is 1. The molecule has 2 aromatic carbocycles. The fourth-order valence-electron chi connectivity index (χ4n) is 4.29. The van der Waals surface area contributed by atoms with E-state index in [0.717, 1.165) is 6.07 Å². The lowest BCUT2D eigenvalue weighted by Crippen LogP contribution is -2.48. The van der Waals surface area contributed by atoms with Crippen LogP contribution in [0.1, 0.15) is 37.3 Å². The van der Waals surface area contributed by atoms with Crippen LogP contribution in [-0.4, -0.2) is 42.0 Å². The second kappa shape index (κ2) is 12.0. The molecule has 0 aromatic heterocycles. The van der Waals surface area contributed by atoms with Crippen molar-refractivity contribution < 1.29 is 45.1 Å². The van der Waals surface area contributed by atoms with E-state index < -0.39 is 79.1 Å². The van der Waals surface area contributed by atoms with Crippen molar-refractivity contribution in [3.8, 4) is 0 Å². The number of amides is 3. The average molecular weight is 574 g/mol. The number of hydrogen-bond donors (Lipinski definition) is 3. The molecule has 7 nitrogen and oxygen atoms in total. The molecular weight excluding hydrogens is 549 g/mol. The summed E-state index contributed by atoms with van der Waals surface area (Å²) in [4.78, 5) is 42.6. The molecule has 3 amide bonds. The highest BCUT2D eigenvalue weighted by atomic mass is 19.4.